The van der Waals surface area contributed by atoms with Crippen LogP contribution >= 0.6 is 11.6 Å². The summed E-state index contributed by atoms with van der Waals surface area (Å²) >= 11 is 5.94. The van der Waals surface area contributed by atoms with E-state index in [1.54, 1.807) is 36.7 Å². The monoisotopic (exact) mass is 418 g/mol. The minimum Gasteiger partial charge on any atom is -0.339 e. The number of piperidine rings is 1. The van der Waals surface area contributed by atoms with Crippen molar-refractivity contribution in [2.75, 3.05) is 13.1 Å². The highest BCUT2D eigenvalue weighted by atomic mass is 35.5. The molecule has 0 atom stereocenters. The molecule has 0 spiro atoms. The molecule has 1 amide bonds. The molecule has 4 rings (SSSR count). The Balaban J connectivity index is 1.53. The molecule has 1 aliphatic heterocycles. The third-order valence-electron chi connectivity index (χ3n) is 5.37. The molecular weight excluding hydrogens is 396 g/mol. The van der Waals surface area contributed by atoms with Crippen molar-refractivity contribution in [2.24, 2.45) is 0 Å². The maximum Gasteiger partial charge on any atom is 0.253 e. The number of allylic oxidation sites excluding steroid dienone is 1. The molecule has 6 heteroatoms. The molecule has 0 radical (unpaired) electrons. The Kier molecular flexibility index (Phi) is 6.19. The van der Waals surface area contributed by atoms with Crippen LogP contribution in [-0.4, -0.2) is 38.8 Å². The van der Waals surface area contributed by atoms with E-state index in [2.05, 4.69) is 9.97 Å². The predicted octanol–water partition coefficient (Wildman–Crippen LogP) is 5.24. The normalized spacial score (nSPS) is 14.9. The number of likely N-dealkylation sites (tertiary alicyclic amines) is 1. The van der Waals surface area contributed by atoms with E-state index in [4.69, 9.17) is 16.6 Å². The van der Waals surface area contributed by atoms with Crippen LogP contribution in [0, 0.1) is 0 Å². The zero-order valence-corrected chi connectivity index (χ0v) is 17.6. The third kappa shape index (κ3) is 4.41. The average Bonchev–Trinajstić information content (AvgIpc) is 2.80. The van der Waals surface area contributed by atoms with Crippen molar-refractivity contribution in [3.63, 3.8) is 0 Å². The van der Waals surface area contributed by atoms with Crippen LogP contribution in [0.3, 0.4) is 0 Å². The van der Waals surface area contributed by atoms with Crippen LogP contribution in [0.4, 0.5) is 0 Å². The fourth-order valence-corrected chi connectivity index (χ4v) is 3.93. The van der Waals surface area contributed by atoms with E-state index >= 15 is 0 Å². The van der Waals surface area contributed by atoms with Gasteiger partial charge in [-0.15, -0.1) is 0 Å². The van der Waals surface area contributed by atoms with E-state index < -0.39 is 0 Å². The quantitative estimate of drug-likeness (QED) is 0.581. The molecule has 30 heavy (non-hydrogen) atoms. The second-order valence-corrected chi connectivity index (χ2v) is 7.79. The van der Waals surface area contributed by atoms with Crippen molar-refractivity contribution in [3.8, 4) is 11.4 Å². The maximum absolute atomic E-state index is 12.8. The van der Waals surface area contributed by atoms with Gasteiger partial charge in [0.2, 0.25) is 0 Å². The van der Waals surface area contributed by atoms with Gasteiger partial charge in [0.1, 0.15) is 0 Å². The summed E-state index contributed by atoms with van der Waals surface area (Å²) in [5, 5.41) is 0.634. The summed E-state index contributed by atoms with van der Waals surface area (Å²) < 4.78 is 0. The number of pyridine rings is 1. The average molecular weight is 419 g/mol. The Morgan fingerprint density at radius 3 is 2.57 bits per heavy atom. The molecule has 1 aliphatic rings. The molecule has 1 saturated heterocycles. The first-order valence-electron chi connectivity index (χ1n) is 10.1. The molecule has 0 N–H and O–H groups in total. The number of carbonyl (C=O) groups excluding carboxylic acids is 1. The first kappa shape index (κ1) is 20.2. The zero-order chi connectivity index (χ0) is 20.9. The summed E-state index contributed by atoms with van der Waals surface area (Å²) in [5.74, 6) is 1.02. The van der Waals surface area contributed by atoms with Crippen LogP contribution in [0.5, 0.6) is 0 Å². The van der Waals surface area contributed by atoms with Crippen molar-refractivity contribution < 1.29 is 4.79 Å². The number of nitrogens with zero attached hydrogens (tertiary/aromatic N) is 4. The molecule has 0 unspecified atom stereocenters. The topological polar surface area (TPSA) is 59.0 Å². The maximum atomic E-state index is 12.8. The molecule has 0 aliphatic carbocycles. The van der Waals surface area contributed by atoms with Crippen molar-refractivity contribution in [3.05, 3.63) is 82.9 Å². The van der Waals surface area contributed by atoms with Gasteiger partial charge in [0, 0.05) is 59.3 Å². The van der Waals surface area contributed by atoms with Gasteiger partial charge in [0.15, 0.2) is 5.82 Å². The van der Waals surface area contributed by atoms with Crippen molar-refractivity contribution >= 4 is 23.6 Å². The lowest BCUT2D eigenvalue weighted by molar-refractivity contribution is 0.0712. The minimum atomic E-state index is 0.0533. The number of aromatic nitrogens is 3. The van der Waals surface area contributed by atoms with Crippen molar-refractivity contribution in [2.45, 2.75) is 25.7 Å². The summed E-state index contributed by atoms with van der Waals surface area (Å²) in [6.07, 6.45) is 11.2. The Morgan fingerprint density at radius 2 is 1.90 bits per heavy atom. The Bertz CT molecular complexity index is 1040. The molecule has 2 aromatic heterocycles. The number of amides is 1. The van der Waals surface area contributed by atoms with Crippen LogP contribution in [0.15, 0.2) is 61.1 Å². The number of hydrogen-bond donors (Lipinski definition) is 0. The van der Waals surface area contributed by atoms with Crippen molar-refractivity contribution in [1.82, 2.24) is 19.9 Å². The van der Waals surface area contributed by atoms with E-state index in [1.807, 2.05) is 42.3 Å². The molecule has 3 aromatic rings. The second-order valence-electron chi connectivity index (χ2n) is 7.35. The molecule has 5 nitrogen and oxygen atoms in total. The van der Waals surface area contributed by atoms with E-state index in [1.165, 1.54) is 0 Å². The number of carbonyl (C=O) groups is 1. The van der Waals surface area contributed by atoms with Crippen LogP contribution in [-0.2, 0) is 0 Å². The smallest absolute Gasteiger partial charge is 0.253 e. The number of benzene rings is 1. The lowest BCUT2D eigenvalue weighted by atomic mass is 9.90. The SMILES string of the molecule is C/C=C/c1cnc(-c2cccnc2)nc1C1CCN(C(=O)c2ccc(Cl)cc2)CC1. The number of rotatable bonds is 4. The number of hydrogen-bond acceptors (Lipinski definition) is 4. The summed E-state index contributed by atoms with van der Waals surface area (Å²) in [6.45, 7) is 3.40. The second kappa shape index (κ2) is 9.18. The zero-order valence-electron chi connectivity index (χ0n) is 16.8. The van der Waals surface area contributed by atoms with Crippen LogP contribution in [0.1, 0.15) is 47.3 Å². The fourth-order valence-electron chi connectivity index (χ4n) is 3.80. The number of halogens is 1. The van der Waals surface area contributed by atoms with Crippen LogP contribution in [0.2, 0.25) is 5.02 Å². The van der Waals surface area contributed by atoms with E-state index in [-0.39, 0.29) is 11.8 Å². The highest BCUT2D eigenvalue weighted by molar-refractivity contribution is 6.30. The highest BCUT2D eigenvalue weighted by Gasteiger charge is 2.27. The van der Waals surface area contributed by atoms with E-state index in [9.17, 15) is 4.79 Å². The largest absolute Gasteiger partial charge is 0.339 e. The predicted molar refractivity (Wildman–Crippen MR) is 119 cm³/mol. The highest BCUT2D eigenvalue weighted by Crippen LogP contribution is 2.31. The minimum absolute atomic E-state index is 0.0533. The third-order valence-corrected chi connectivity index (χ3v) is 5.63. The van der Waals surface area contributed by atoms with Gasteiger partial charge in [-0.3, -0.25) is 9.78 Å². The fraction of sp³-hybridized carbons (Fsp3) is 0.250. The van der Waals surface area contributed by atoms with Gasteiger partial charge in [-0.05, 0) is 56.2 Å². The summed E-state index contributed by atoms with van der Waals surface area (Å²) in [4.78, 5) is 28.3. The Hall–Kier alpha value is -3.05. The Labute approximate surface area is 181 Å². The van der Waals surface area contributed by atoms with Gasteiger partial charge in [-0.2, -0.15) is 0 Å². The van der Waals surface area contributed by atoms with Gasteiger partial charge >= 0.3 is 0 Å². The van der Waals surface area contributed by atoms with Gasteiger partial charge in [0.25, 0.3) is 5.91 Å². The van der Waals surface area contributed by atoms with Gasteiger partial charge in [-0.25, -0.2) is 9.97 Å². The lowest BCUT2D eigenvalue weighted by Crippen LogP contribution is -2.38. The van der Waals surface area contributed by atoms with E-state index in [0.29, 0.717) is 29.5 Å². The first-order valence-corrected chi connectivity index (χ1v) is 10.5. The summed E-state index contributed by atoms with van der Waals surface area (Å²) in [7, 11) is 0. The van der Waals surface area contributed by atoms with Gasteiger partial charge < -0.3 is 4.90 Å². The van der Waals surface area contributed by atoms with Gasteiger partial charge in [-0.1, -0.05) is 23.8 Å². The van der Waals surface area contributed by atoms with Gasteiger partial charge in [0.05, 0.1) is 5.69 Å². The molecule has 0 saturated carbocycles. The first-order chi connectivity index (χ1) is 14.7. The van der Waals surface area contributed by atoms with Crippen LogP contribution < -0.4 is 0 Å². The molecule has 1 fully saturated rings. The summed E-state index contributed by atoms with van der Waals surface area (Å²) in [5.41, 5.74) is 3.66. The van der Waals surface area contributed by atoms with Crippen LogP contribution in [0.25, 0.3) is 17.5 Å². The summed E-state index contributed by atoms with van der Waals surface area (Å²) in [6, 6.07) is 10.9. The Morgan fingerprint density at radius 1 is 1.13 bits per heavy atom. The molecule has 3 heterocycles. The van der Waals surface area contributed by atoms with Crippen molar-refractivity contribution in [1.29, 1.82) is 0 Å². The lowest BCUT2D eigenvalue weighted by Gasteiger charge is -2.32. The molecule has 1 aromatic carbocycles. The molecule has 0 bridgehead atoms. The standard InChI is InChI=1S/C24H23ClN4O/c1-2-4-19-16-27-23(20-5-3-12-26-15-20)28-22(19)17-10-13-29(14-11-17)24(30)18-6-8-21(25)9-7-18/h2-9,12,15-17H,10-11,13-14H2,1H3/b4-2+. The molecular formula is C24H23ClN4O. The molecule has 152 valence electrons. The van der Waals surface area contributed by atoms with E-state index in [0.717, 1.165) is 29.7 Å².